The second-order valence-corrected chi connectivity index (χ2v) is 7.88. The summed E-state index contributed by atoms with van der Waals surface area (Å²) < 4.78 is 5.55. The highest BCUT2D eigenvalue weighted by molar-refractivity contribution is 8.00. The predicted octanol–water partition coefficient (Wildman–Crippen LogP) is 4.55. The summed E-state index contributed by atoms with van der Waals surface area (Å²) >= 11 is 1.47. The van der Waals surface area contributed by atoms with Crippen molar-refractivity contribution in [3.8, 4) is 5.75 Å². The molecule has 0 aliphatic heterocycles. The molecule has 0 aromatic heterocycles. The van der Waals surface area contributed by atoms with E-state index < -0.39 is 0 Å². The summed E-state index contributed by atoms with van der Waals surface area (Å²) in [6, 6.07) is 15.0. The van der Waals surface area contributed by atoms with E-state index in [-0.39, 0.29) is 23.0 Å². The molecule has 1 unspecified atom stereocenters. The minimum atomic E-state index is -0.272. The zero-order valence-corrected chi connectivity index (χ0v) is 16.3. The molecule has 0 spiro atoms. The van der Waals surface area contributed by atoms with E-state index in [1.54, 1.807) is 0 Å². The second-order valence-electron chi connectivity index (χ2n) is 6.47. The van der Waals surface area contributed by atoms with Crippen molar-refractivity contribution in [3.63, 3.8) is 0 Å². The molecule has 2 N–H and O–H groups in total. The van der Waals surface area contributed by atoms with Gasteiger partial charge in [-0.1, -0.05) is 12.1 Å². The Bertz CT molecular complexity index is 803. The van der Waals surface area contributed by atoms with E-state index in [0.29, 0.717) is 18.0 Å². The van der Waals surface area contributed by atoms with Crippen LogP contribution in [0, 0.1) is 5.92 Å². The number of nitrogens with one attached hydrogen (secondary N) is 2. The summed E-state index contributed by atoms with van der Waals surface area (Å²) in [7, 11) is 0. The van der Waals surface area contributed by atoms with Crippen molar-refractivity contribution in [2.45, 2.75) is 36.8 Å². The highest BCUT2D eigenvalue weighted by Crippen LogP contribution is 2.31. The van der Waals surface area contributed by atoms with Crippen LogP contribution in [0.15, 0.2) is 53.4 Å². The first-order valence-electron chi connectivity index (χ1n) is 9.17. The van der Waals surface area contributed by atoms with E-state index >= 15 is 0 Å². The molecule has 2 aromatic rings. The maximum atomic E-state index is 12.5. The van der Waals surface area contributed by atoms with Crippen molar-refractivity contribution < 1.29 is 14.3 Å². The van der Waals surface area contributed by atoms with Gasteiger partial charge in [0.2, 0.25) is 11.8 Å². The maximum Gasteiger partial charge on any atom is 0.237 e. The van der Waals surface area contributed by atoms with Crippen LogP contribution in [0.25, 0.3) is 0 Å². The van der Waals surface area contributed by atoms with Gasteiger partial charge in [-0.25, -0.2) is 0 Å². The van der Waals surface area contributed by atoms with Crippen LogP contribution in [0.2, 0.25) is 0 Å². The molecule has 3 rings (SSSR count). The topological polar surface area (TPSA) is 67.4 Å². The summed E-state index contributed by atoms with van der Waals surface area (Å²) in [6.07, 6.45) is 1.97. The number of anilines is 2. The number of rotatable bonds is 8. The van der Waals surface area contributed by atoms with Crippen molar-refractivity contribution in [2.75, 3.05) is 17.2 Å². The molecule has 1 aliphatic carbocycles. The van der Waals surface area contributed by atoms with Crippen LogP contribution in [0.1, 0.15) is 26.7 Å². The lowest BCUT2D eigenvalue weighted by Crippen LogP contribution is -2.22. The molecule has 2 amide bonds. The molecule has 1 atom stereocenters. The number of amides is 2. The Hall–Kier alpha value is -2.47. The van der Waals surface area contributed by atoms with Crippen LogP contribution in [0.5, 0.6) is 5.75 Å². The second kappa shape index (κ2) is 8.95. The Labute approximate surface area is 163 Å². The predicted molar refractivity (Wildman–Crippen MR) is 109 cm³/mol. The van der Waals surface area contributed by atoms with Gasteiger partial charge in [-0.15, -0.1) is 11.8 Å². The number of thioether (sulfide) groups is 1. The third-order valence-corrected chi connectivity index (χ3v) is 5.31. The van der Waals surface area contributed by atoms with Crippen LogP contribution in [-0.2, 0) is 9.59 Å². The number of ether oxygens (including phenoxy) is 1. The zero-order valence-electron chi connectivity index (χ0n) is 15.5. The first-order chi connectivity index (χ1) is 13.1. The van der Waals surface area contributed by atoms with E-state index in [0.717, 1.165) is 23.4 Å². The lowest BCUT2D eigenvalue weighted by molar-refractivity contribution is -0.117. The minimum absolute atomic E-state index is 0.0849. The standard InChI is InChI=1S/C21H24N2O3S/c1-3-26-19-7-5-4-6-18(19)23-20(24)14(2)27-17-12-10-16(11-13-17)22-21(25)15-8-9-15/h4-7,10-15H,3,8-9H2,1-2H3,(H,22,25)(H,23,24). The molecule has 1 fully saturated rings. The third-order valence-electron chi connectivity index (χ3n) is 4.20. The number of hydrogen-bond acceptors (Lipinski definition) is 4. The minimum Gasteiger partial charge on any atom is -0.492 e. The van der Waals surface area contributed by atoms with Gasteiger partial charge in [-0.05, 0) is 63.1 Å². The normalized spacial score (nSPS) is 14.3. The van der Waals surface area contributed by atoms with Crippen molar-refractivity contribution in [1.82, 2.24) is 0 Å². The van der Waals surface area contributed by atoms with Gasteiger partial charge >= 0.3 is 0 Å². The summed E-state index contributed by atoms with van der Waals surface area (Å²) in [5, 5.41) is 5.58. The van der Waals surface area contributed by atoms with Crippen LogP contribution < -0.4 is 15.4 Å². The molecule has 142 valence electrons. The van der Waals surface area contributed by atoms with Crippen LogP contribution in [0.3, 0.4) is 0 Å². The number of carbonyl (C=O) groups is 2. The number of hydrogen-bond donors (Lipinski definition) is 2. The van der Waals surface area contributed by atoms with Crippen LogP contribution >= 0.6 is 11.8 Å². The molecule has 1 aliphatic rings. The lowest BCUT2D eigenvalue weighted by Gasteiger charge is -2.15. The molecule has 1 saturated carbocycles. The molecule has 0 heterocycles. The Balaban J connectivity index is 1.55. The first kappa shape index (κ1) is 19.3. The molecule has 0 saturated heterocycles. The van der Waals surface area contributed by atoms with E-state index in [4.69, 9.17) is 4.74 Å². The molecule has 6 heteroatoms. The van der Waals surface area contributed by atoms with Gasteiger partial charge in [0.25, 0.3) is 0 Å². The third kappa shape index (κ3) is 5.50. The quantitative estimate of drug-likeness (QED) is 0.655. The summed E-state index contributed by atoms with van der Waals surface area (Å²) in [5.41, 5.74) is 1.47. The van der Waals surface area contributed by atoms with Crippen molar-refractivity contribution in [2.24, 2.45) is 5.92 Å². The van der Waals surface area contributed by atoms with Gasteiger partial charge in [0.15, 0.2) is 0 Å². The lowest BCUT2D eigenvalue weighted by atomic mass is 10.3. The highest BCUT2D eigenvalue weighted by Gasteiger charge is 2.29. The largest absolute Gasteiger partial charge is 0.492 e. The molecular formula is C21H24N2O3S. The van der Waals surface area contributed by atoms with Crippen molar-refractivity contribution >= 4 is 35.0 Å². The summed E-state index contributed by atoms with van der Waals surface area (Å²) in [5.74, 6) is 0.859. The van der Waals surface area contributed by atoms with Gasteiger partial charge in [-0.2, -0.15) is 0 Å². The van der Waals surface area contributed by atoms with Gasteiger partial charge in [0.05, 0.1) is 17.5 Å². The average molecular weight is 385 g/mol. The first-order valence-corrected chi connectivity index (χ1v) is 10.0. The molecular weight excluding hydrogens is 360 g/mol. The fraction of sp³-hybridized carbons (Fsp3) is 0.333. The Morgan fingerprint density at radius 2 is 1.81 bits per heavy atom. The Morgan fingerprint density at radius 3 is 2.48 bits per heavy atom. The molecule has 2 aromatic carbocycles. The van der Waals surface area contributed by atoms with E-state index in [2.05, 4.69) is 10.6 Å². The van der Waals surface area contributed by atoms with Crippen LogP contribution in [0.4, 0.5) is 11.4 Å². The van der Waals surface area contributed by atoms with Crippen molar-refractivity contribution in [3.05, 3.63) is 48.5 Å². The number of carbonyl (C=O) groups excluding carboxylic acids is 2. The Kier molecular flexibility index (Phi) is 6.40. The van der Waals surface area contributed by atoms with Gasteiger partial charge in [0, 0.05) is 16.5 Å². The summed E-state index contributed by atoms with van der Waals surface area (Å²) in [6.45, 7) is 4.32. The smallest absolute Gasteiger partial charge is 0.237 e. The number of benzene rings is 2. The monoisotopic (exact) mass is 384 g/mol. The average Bonchev–Trinajstić information content (AvgIpc) is 3.50. The fourth-order valence-electron chi connectivity index (χ4n) is 2.55. The SMILES string of the molecule is CCOc1ccccc1NC(=O)C(C)Sc1ccc(NC(=O)C2CC2)cc1. The molecule has 27 heavy (non-hydrogen) atoms. The van der Waals surface area contributed by atoms with Gasteiger partial charge in [0.1, 0.15) is 5.75 Å². The van der Waals surface area contributed by atoms with Gasteiger partial charge < -0.3 is 15.4 Å². The fourth-order valence-corrected chi connectivity index (χ4v) is 3.42. The zero-order chi connectivity index (χ0) is 19.2. The molecule has 0 radical (unpaired) electrons. The highest BCUT2D eigenvalue weighted by atomic mass is 32.2. The van der Waals surface area contributed by atoms with Crippen LogP contribution in [-0.4, -0.2) is 23.7 Å². The number of para-hydroxylation sites is 2. The Morgan fingerprint density at radius 1 is 1.11 bits per heavy atom. The van der Waals surface area contributed by atoms with Gasteiger partial charge in [-0.3, -0.25) is 9.59 Å². The molecule has 0 bridgehead atoms. The maximum absolute atomic E-state index is 12.5. The molecule has 5 nitrogen and oxygen atoms in total. The van der Waals surface area contributed by atoms with Crippen molar-refractivity contribution in [1.29, 1.82) is 0 Å². The van der Waals surface area contributed by atoms with E-state index in [1.807, 2.05) is 62.4 Å². The summed E-state index contributed by atoms with van der Waals surface area (Å²) in [4.78, 5) is 25.3. The van der Waals surface area contributed by atoms with E-state index in [1.165, 1.54) is 11.8 Å². The van der Waals surface area contributed by atoms with E-state index in [9.17, 15) is 9.59 Å².